The van der Waals surface area contributed by atoms with Crippen molar-refractivity contribution in [3.63, 3.8) is 0 Å². The highest BCUT2D eigenvalue weighted by Gasteiger charge is 2.06. The summed E-state index contributed by atoms with van der Waals surface area (Å²) in [5.41, 5.74) is 3.66. The van der Waals surface area contributed by atoms with Crippen LogP contribution in [0, 0.1) is 0 Å². The van der Waals surface area contributed by atoms with E-state index in [-0.39, 0.29) is 5.91 Å². The molecule has 0 saturated carbocycles. The van der Waals surface area contributed by atoms with Gasteiger partial charge in [-0.25, -0.2) is 4.68 Å². The monoisotopic (exact) mass is 306 g/mol. The number of carbonyl (C=O) groups is 1. The first kappa shape index (κ1) is 15.0. The van der Waals surface area contributed by atoms with E-state index >= 15 is 0 Å². The van der Waals surface area contributed by atoms with Crippen molar-refractivity contribution in [3.8, 4) is 11.3 Å². The summed E-state index contributed by atoms with van der Waals surface area (Å²) in [5, 5.41) is 11.3. The van der Waals surface area contributed by atoms with Crippen molar-refractivity contribution in [2.24, 2.45) is 0 Å². The highest BCUT2D eigenvalue weighted by molar-refractivity contribution is 5.91. The third kappa shape index (κ3) is 3.83. The Morgan fingerprint density at radius 1 is 1.13 bits per heavy atom. The van der Waals surface area contributed by atoms with Crippen LogP contribution in [0.5, 0.6) is 0 Å². The maximum atomic E-state index is 11.5. The van der Waals surface area contributed by atoms with Crippen LogP contribution in [0.15, 0.2) is 60.8 Å². The number of aromatic nitrogens is 3. The van der Waals surface area contributed by atoms with Gasteiger partial charge in [0.25, 0.3) is 0 Å². The molecule has 23 heavy (non-hydrogen) atoms. The SMILES string of the molecule is CCC(=O)Nc1cccc(-c2cn(Cc3ccccc3)nn2)c1. The third-order valence-electron chi connectivity index (χ3n) is 3.49. The smallest absolute Gasteiger partial charge is 0.224 e. The van der Waals surface area contributed by atoms with Crippen LogP contribution in [0.3, 0.4) is 0 Å². The van der Waals surface area contributed by atoms with Gasteiger partial charge in [-0.2, -0.15) is 0 Å². The van der Waals surface area contributed by atoms with Crippen LogP contribution in [-0.2, 0) is 11.3 Å². The standard InChI is InChI=1S/C18H18N4O/c1-2-18(23)19-16-10-6-9-15(11-16)17-13-22(21-20-17)12-14-7-4-3-5-8-14/h3-11,13H,2,12H2,1H3,(H,19,23). The van der Waals surface area contributed by atoms with Gasteiger partial charge in [-0.15, -0.1) is 5.10 Å². The fourth-order valence-corrected chi connectivity index (χ4v) is 2.28. The molecule has 3 aromatic rings. The summed E-state index contributed by atoms with van der Waals surface area (Å²) < 4.78 is 1.81. The van der Waals surface area contributed by atoms with E-state index in [4.69, 9.17) is 0 Å². The summed E-state index contributed by atoms with van der Waals surface area (Å²) >= 11 is 0. The van der Waals surface area contributed by atoms with Gasteiger partial charge in [0.2, 0.25) is 5.91 Å². The van der Waals surface area contributed by atoms with Gasteiger partial charge in [0.1, 0.15) is 5.69 Å². The molecule has 1 N–H and O–H groups in total. The second-order valence-electron chi connectivity index (χ2n) is 5.27. The minimum Gasteiger partial charge on any atom is -0.326 e. The van der Waals surface area contributed by atoms with Gasteiger partial charge in [-0.3, -0.25) is 4.79 Å². The molecule has 3 rings (SSSR count). The number of rotatable bonds is 5. The van der Waals surface area contributed by atoms with Crippen molar-refractivity contribution in [2.75, 3.05) is 5.32 Å². The van der Waals surface area contributed by atoms with Gasteiger partial charge >= 0.3 is 0 Å². The minimum atomic E-state index is -0.00474. The third-order valence-corrected chi connectivity index (χ3v) is 3.49. The molecule has 0 aliphatic heterocycles. The summed E-state index contributed by atoms with van der Waals surface area (Å²) in [6.45, 7) is 2.51. The zero-order valence-corrected chi connectivity index (χ0v) is 12.9. The van der Waals surface area contributed by atoms with E-state index < -0.39 is 0 Å². The Balaban J connectivity index is 1.77. The van der Waals surface area contributed by atoms with Gasteiger partial charge in [0, 0.05) is 17.7 Å². The molecule has 0 radical (unpaired) electrons. The van der Waals surface area contributed by atoms with Crippen molar-refractivity contribution < 1.29 is 4.79 Å². The summed E-state index contributed by atoms with van der Waals surface area (Å²) in [6.07, 6.45) is 2.37. The largest absolute Gasteiger partial charge is 0.326 e. The summed E-state index contributed by atoms with van der Waals surface area (Å²) in [7, 11) is 0. The molecule has 0 unspecified atom stereocenters. The van der Waals surface area contributed by atoms with Crippen molar-refractivity contribution >= 4 is 11.6 Å². The Labute approximate surface area is 135 Å². The summed E-state index contributed by atoms with van der Waals surface area (Å²) in [6, 6.07) is 17.8. The Bertz CT molecular complexity index is 796. The molecule has 0 atom stereocenters. The topological polar surface area (TPSA) is 59.8 Å². The molecule has 0 aliphatic carbocycles. The quantitative estimate of drug-likeness (QED) is 0.786. The van der Waals surface area contributed by atoms with Crippen LogP contribution < -0.4 is 5.32 Å². The van der Waals surface area contributed by atoms with Crippen molar-refractivity contribution in [1.82, 2.24) is 15.0 Å². The fourth-order valence-electron chi connectivity index (χ4n) is 2.28. The number of nitrogens with zero attached hydrogens (tertiary/aromatic N) is 3. The Morgan fingerprint density at radius 3 is 2.74 bits per heavy atom. The summed E-state index contributed by atoms with van der Waals surface area (Å²) in [5.74, 6) is -0.00474. The average Bonchev–Trinajstić information content (AvgIpc) is 3.04. The van der Waals surface area contributed by atoms with Crippen LogP contribution in [0.1, 0.15) is 18.9 Å². The highest BCUT2D eigenvalue weighted by atomic mass is 16.1. The number of nitrogens with one attached hydrogen (secondary N) is 1. The van der Waals surface area contributed by atoms with Crippen LogP contribution in [0.25, 0.3) is 11.3 Å². The maximum absolute atomic E-state index is 11.5. The zero-order chi connectivity index (χ0) is 16.1. The molecule has 0 saturated heterocycles. The molecule has 1 amide bonds. The lowest BCUT2D eigenvalue weighted by atomic mass is 10.1. The average molecular weight is 306 g/mol. The molecule has 116 valence electrons. The maximum Gasteiger partial charge on any atom is 0.224 e. The number of anilines is 1. The number of benzene rings is 2. The second-order valence-corrected chi connectivity index (χ2v) is 5.27. The van der Waals surface area contributed by atoms with Crippen LogP contribution in [0.4, 0.5) is 5.69 Å². The van der Waals surface area contributed by atoms with Crippen LogP contribution >= 0.6 is 0 Å². The molecule has 0 aliphatic rings. The van der Waals surface area contributed by atoms with E-state index in [1.54, 1.807) is 0 Å². The van der Waals surface area contributed by atoms with Gasteiger partial charge < -0.3 is 5.32 Å². The molecule has 1 aromatic heterocycles. The first-order valence-electron chi connectivity index (χ1n) is 7.59. The highest BCUT2D eigenvalue weighted by Crippen LogP contribution is 2.20. The van der Waals surface area contributed by atoms with Gasteiger partial charge in [0.05, 0.1) is 12.7 Å². The molecule has 5 heteroatoms. The van der Waals surface area contributed by atoms with Gasteiger partial charge in [-0.05, 0) is 17.7 Å². The molecular weight excluding hydrogens is 288 g/mol. The van der Waals surface area contributed by atoms with Crippen molar-refractivity contribution in [2.45, 2.75) is 19.9 Å². The molecule has 2 aromatic carbocycles. The Kier molecular flexibility index (Phi) is 4.47. The minimum absolute atomic E-state index is 0.00474. The molecular formula is C18H18N4O. The number of carbonyl (C=O) groups excluding carboxylic acids is 1. The summed E-state index contributed by atoms with van der Waals surface area (Å²) in [4.78, 5) is 11.5. The lowest BCUT2D eigenvalue weighted by molar-refractivity contribution is -0.115. The first-order chi connectivity index (χ1) is 11.2. The van der Waals surface area contributed by atoms with Crippen molar-refractivity contribution in [3.05, 3.63) is 66.4 Å². The Morgan fingerprint density at radius 2 is 1.96 bits per heavy atom. The molecule has 0 fully saturated rings. The van der Waals surface area contributed by atoms with Crippen LogP contribution in [0.2, 0.25) is 0 Å². The van der Waals surface area contributed by atoms with E-state index in [0.29, 0.717) is 13.0 Å². The van der Waals surface area contributed by atoms with Gasteiger partial charge in [-0.1, -0.05) is 54.6 Å². The Hall–Kier alpha value is -2.95. The predicted molar refractivity (Wildman–Crippen MR) is 89.9 cm³/mol. The molecule has 1 heterocycles. The molecule has 0 spiro atoms. The lowest BCUT2D eigenvalue weighted by Crippen LogP contribution is -2.09. The lowest BCUT2D eigenvalue weighted by Gasteiger charge is -2.04. The predicted octanol–water partition coefficient (Wildman–Crippen LogP) is 3.34. The number of hydrogen-bond acceptors (Lipinski definition) is 3. The van der Waals surface area contributed by atoms with Gasteiger partial charge in [0.15, 0.2) is 0 Å². The zero-order valence-electron chi connectivity index (χ0n) is 12.9. The fraction of sp³-hybridized carbons (Fsp3) is 0.167. The number of amides is 1. The van der Waals surface area contributed by atoms with E-state index in [2.05, 4.69) is 27.8 Å². The number of hydrogen-bond donors (Lipinski definition) is 1. The molecule has 5 nitrogen and oxygen atoms in total. The van der Waals surface area contributed by atoms with E-state index in [1.165, 1.54) is 5.56 Å². The second kappa shape index (κ2) is 6.87. The van der Waals surface area contributed by atoms with E-state index in [0.717, 1.165) is 16.9 Å². The van der Waals surface area contributed by atoms with Crippen molar-refractivity contribution in [1.29, 1.82) is 0 Å². The van der Waals surface area contributed by atoms with E-state index in [9.17, 15) is 4.79 Å². The molecule has 0 bridgehead atoms. The normalized spacial score (nSPS) is 10.5. The van der Waals surface area contributed by atoms with E-state index in [1.807, 2.05) is 60.3 Å². The van der Waals surface area contributed by atoms with Crippen LogP contribution in [-0.4, -0.2) is 20.9 Å². The first-order valence-corrected chi connectivity index (χ1v) is 7.59.